The van der Waals surface area contributed by atoms with E-state index in [-0.39, 0.29) is 5.69 Å². The first-order chi connectivity index (χ1) is 9.60. The Morgan fingerprint density at radius 2 is 2.00 bits per heavy atom. The monoisotopic (exact) mass is 280 g/mol. The topological polar surface area (TPSA) is 73.6 Å². The molecule has 0 heterocycles. The van der Waals surface area contributed by atoms with Crippen LogP contribution in [-0.2, 0) is 0 Å². The average molecular weight is 280 g/mol. The standard InChI is InChI=1S/C14H20N2O4/c1-4-5-9-6-10(9)15-11-7-13(19-2)14(20-3)8-12(11)16(17)18/h7-10,15H,4-6H2,1-3H3. The maximum Gasteiger partial charge on any atom is 0.296 e. The van der Waals surface area contributed by atoms with Gasteiger partial charge in [-0.3, -0.25) is 10.1 Å². The van der Waals surface area contributed by atoms with Crippen molar-refractivity contribution in [1.82, 2.24) is 0 Å². The second-order valence-corrected chi connectivity index (χ2v) is 5.02. The van der Waals surface area contributed by atoms with E-state index in [0.29, 0.717) is 29.1 Å². The fourth-order valence-electron chi connectivity index (χ4n) is 2.45. The third kappa shape index (κ3) is 2.95. The Morgan fingerprint density at radius 3 is 2.55 bits per heavy atom. The van der Waals surface area contributed by atoms with Crippen LogP contribution in [0.3, 0.4) is 0 Å². The molecule has 0 aromatic heterocycles. The van der Waals surface area contributed by atoms with Crippen LogP contribution >= 0.6 is 0 Å². The average Bonchev–Trinajstić information content (AvgIpc) is 3.16. The third-order valence-electron chi connectivity index (χ3n) is 3.62. The van der Waals surface area contributed by atoms with E-state index >= 15 is 0 Å². The number of hydrogen-bond donors (Lipinski definition) is 1. The van der Waals surface area contributed by atoms with Gasteiger partial charge in [-0.1, -0.05) is 13.3 Å². The Hall–Kier alpha value is -1.98. The summed E-state index contributed by atoms with van der Waals surface area (Å²) in [4.78, 5) is 10.8. The first-order valence-electron chi connectivity index (χ1n) is 6.77. The fourth-order valence-corrected chi connectivity index (χ4v) is 2.45. The van der Waals surface area contributed by atoms with E-state index in [1.54, 1.807) is 6.07 Å². The molecule has 1 aromatic rings. The quantitative estimate of drug-likeness (QED) is 0.613. The van der Waals surface area contributed by atoms with Crippen LogP contribution in [0.4, 0.5) is 11.4 Å². The highest BCUT2D eigenvalue weighted by atomic mass is 16.6. The normalized spacial score (nSPS) is 20.4. The Labute approximate surface area is 118 Å². The van der Waals surface area contributed by atoms with Gasteiger partial charge in [-0.15, -0.1) is 0 Å². The molecule has 20 heavy (non-hydrogen) atoms. The summed E-state index contributed by atoms with van der Waals surface area (Å²) in [6.07, 6.45) is 3.36. The lowest BCUT2D eigenvalue weighted by molar-refractivity contribution is -0.384. The van der Waals surface area contributed by atoms with Gasteiger partial charge in [0.15, 0.2) is 11.5 Å². The van der Waals surface area contributed by atoms with Crippen LogP contribution in [0.5, 0.6) is 11.5 Å². The van der Waals surface area contributed by atoms with Gasteiger partial charge in [-0.25, -0.2) is 0 Å². The SMILES string of the molecule is CCCC1CC1Nc1cc(OC)c(OC)cc1[N+](=O)[O-]. The number of benzene rings is 1. The smallest absolute Gasteiger partial charge is 0.296 e. The predicted octanol–water partition coefficient (Wildman–Crippen LogP) is 3.21. The molecule has 1 aromatic carbocycles. The summed E-state index contributed by atoms with van der Waals surface area (Å²) in [6, 6.07) is 3.36. The number of hydrogen-bond acceptors (Lipinski definition) is 5. The number of ether oxygens (including phenoxy) is 2. The zero-order valence-electron chi connectivity index (χ0n) is 12.0. The van der Waals surface area contributed by atoms with Crippen molar-refractivity contribution in [2.24, 2.45) is 5.92 Å². The Bertz CT molecular complexity index is 504. The number of anilines is 1. The van der Waals surface area contributed by atoms with Crippen LogP contribution in [0.1, 0.15) is 26.2 Å². The molecule has 110 valence electrons. The van der Waals surface area contributed by atoms with Gasteiger partial charge in [0.25, 0.3) is 5.69 Å². The van der Waals surface area contributed by atoms with Crippen LogP contribution < -0.4 is 14.8 Å². The van der Waals surface area contributed by atoms with Crippen molar-refractivity contribution < 1.29 is 14.4 Å². The minimum Gasteiger partial charge on any atom is -0.493 e. The molecule has 0 aliphatic heterocycles. The summed E-state index contributed by atoms with van der Waals surface area (Å²) in [5, 5.41) is 14.4. The minimum absolute atomic E-state index is 0.0183. The molecule has 0 spiro atoms. The first-order valence-corrected chi connectivity index (χ1v) is 6.77. The molecule has 0 bridgehead atoms. The summed E-state index contributed by atoms with van der Waals surface area (Å²) >= 11 is 0. The third-order valence-corrected chi connectivity index (χ3v) is 3.62. The zero-order chi connectivity index (χ0) is 14.7. The Morgan fingerprint density at radius 1 is 1.35 bits per heavy atom. The summed E-state index contributed by atoms with van der Waals surface area (Å²) in [6.45, 7) is 2.15. The second-order valence-electron chi connectivity index (χ2n) is 5.02. The van der Waals surface area contributed by atoms with Gasteiger partial charge in [0.1, 0.15) is 5.69 Å². The number of methoxy groups -OCH3 is 2. The molecule has 1 aliphatic carbocycles. The Kier molecular flexibility index (Phi) is 4.32. The van der Waals surface area contributed by atoms with E-state index < -0.39 is 4.92 Å². The van der Waals surface area contributed by atoms with E-state index in [2.05, 4.69) is 12.2 Å². The van der Waals surface area contributed by atoms with Gasteiger partial charge in [0.2, 0.25) is 0 Å². The molecule has 2 rings (SSSR count). The zero-order valence-corrected chi connectivity index (χ0v) is 12.0. The molecule has 1 aliphatic rings. The number of nitrogens with one attached hydrogen (secondary N) is 1. The highest BCUT2D eigenvalue weighted by Crippen LogP contribution is 2.42. The summed E-state index contributed by atoms with van der Waals surface area (Å²) in [5.74, 6) is 1.48. The molecule has 0 amide bonds. The lowest BCUT2D eigenvalue weighted by atomic mass is 10.2. The number of nitrogens with zero attached hydrogens (tertiary/aromatic N) is 1. The van der Waals surface area contributed by atoms with Gasteiger partial charge < -0.3 is 14.8 Å². The van der Waals surface area contributed by atoms with Crippen molar-refractivity contribution in [3.63, 3.8) is 0 Å². The molecule has 6 nitrogen and oxygen atoms in total. The maximum absolute atomic E-state index is 11.2. The van der Waals surface area contributed by atoms with E-state index in [1.165, 1.54) is 20.3 Å². The van der Waals surface area contributed by atoms with Crippen molar-refractivity contribution in [3.8, 4) is 11.5 Å². The number of nitro benzene ring substituents is 1. The van der Waals surface area contributed by atoms with Gasteiger partial charge in [-0.05, 0) is 18.8 Å². The fraction of sp³-hybridized carbons (Fsp3) is 0.571. The molecule has 6 heteroatoms. The molecular formula is C14H20N2O4. The Balaban J connectivity index is 2.24. The first kappa shape index (κ1) is 14.4. The number of rotatable bonds is 7. The lowest BCUT2D eigenvalue weighted by Crippen LogP contribution is -2.07. The van der Waals surface area contributed by atoms with Gasteiger partial charge in [-0.2, -0.15) is 0 Å². The van der Waals surface area contributed by atoms with Crippen LogP contribution in [-0.4, -0.2) is 25.2 Å². The molecule has 1 saturated carbocycles. The lowest BCUT2D eigenvalue weighted by Gasteiger charge is -2.12. The minimum atomic E-state index is -0.401. The predicted molar refractivity (Wildman–Crippen MR) is 76.6 cm³/mol. The van der Waals surface area contributed by atoms with Crippen molar-refractivity contribution >= 4 is 11.4 Å². The molecule has 0 saturated heterocycles. The van der Waals surface area contributed by atoms with E-state index in [4.69, 9.17) is 9.47 Å². The van der Waals surface area contributed by atoms with E-state index in [9.17, 15) is 10.1 Å². The van der Waals surface area contributed by atoms with Crippen molar-refractivity contribution in [3.05, 3.63) is 22.2 Å². The number of nitro groups is 1. The van der Waals surface area contributed by atoms with Crippen LogP contribution in [0.2, 0.25) is 0 Å². The maximum atomic E-state index is 11.2. The van der Waals surface area contributed by atoms with Crippen molar-refractivity contribution in [2.75, 3.05) is 19.5 Å². The van der Waals surface area contributed by atoms with Gasteiger partial charge >= 0.3 is 0 Å². The van der Waals surface area contributed by atoms with Gasteiger partial charge in [0.05, 0.1) is 25.2 Å². The molecule has 2 unspecified atom stereocenters. The molecule has 2 atom stereocenters. The highest BCUT2D eigenvalue weighted by Gasteiger charge is 2.37. The van der Waals surface area contributed by atoms with Gasteiger partial charge in [0, 0.05) is 12.1 Å². The molecule has 0 radical (unpaired) electrons. The van der Waals surface area contributed by atoms with Crippen molar-refractivity contribution in [1.29, 1.82) is 0 Å². The van der Waals surface area contributed by atoms with E-state index in [1.807, 2.05) is 0 Å². The van der Waals surface area contributed by atoms with Crippen LogP contribution in [0.25, 0.3) is 0 Å². The largest absolute Gasteiger partial charge is 0.493 e. The van der Waals surface area contributed by atoms with E-state index in [0.717, 1.165) is 19.3 Å². The molecule has 1 fully saturated rings. The highest BCUT2D eigenvalue weighted by molar-refractivity contribution is 5.69. The summed E-state index contributed by atoms with van der Waals surface area (Å²) in [5.41, 5.74) is 0.515. The summed E-state index contributed by atoms with van der Waals surface area (Å²) in [7, 11) is 2.98. The molecular weight excluding hydrogens is 260 g/mol. The van der Waals surface area contributed by atoms with Crippen LogP contribution in [0, 0.1) is 16.0 Å². The second kappa shape index (κ2) is 5.98. The summed E-state index contributed by atoms with van der Waals surface area (Å²) < 4.78 is 10.3. The van der Waals surface area contributed by atoms with Crippen LogP contribution in [0.15, 0.2) is 12.1 Å². The van der Waals surface area contributed by atoms with Crippen molar-refractivity contribution in [2.45, 2.75) is 32.2 Å². The molecule has 1 N–H and O–H groups in total.